The first kappa shape index (κ1) is 14.7. The lowest BCUT2D eigenvalue weighted by Crippen LogP contribution is -2.34. The predicted octanol–water partition coefficient (Wildman–Crippen LogP) is 2.77. The van der Waals surface area contributed by atoms with Gasteiger partial charge >= 0.3 is 5.97 Å². The summed E-state index contributed by atoms with van der Waals surface area (Å²) in [6.07, 6.45) is 3.16. The SMILES string of the molecule is CCCCNC(CC(=O)O)Cc1ccc(C)cc1. The third-order valence-corrected chi connectivity index (χ3v) is 2.99. The van der Waals surface area contributed by atoms with Gasteiger partial charge in [-0.05, 0) is 31.9 Å². The van der Waals surface area contributed by atoms with E-state index in [1.165, 1.54) is 11.1 Å². The average molecular weight is 249 g/mol. The van der Waals surface area contributed by atoms with Crippen LogP contribution in [0.4, 0.5) is 0 Å². The highest BCUT2D eigenvalue weighted by atomic mass is 16.4. The third-order valence-electron chi connectivity index (χ3n) is 2.99. The van der Waals surface area contributed by atoms with Crippen molar-refractivity contribution in [2.24, 2.45) is 0 Å². The molecule has 2 N–H and O–H groups in total. The molecule has 3 heteroatoms. The summed E-state index contributed by atoms with van der Waals surface area (Å²) >= 11 is 0. The van der Waals surface area contributed by atoms with E-state index in [-0.39, 0.29) is 12.5 Å². The van der Waals surface area contributed by atoms with Crippen LogP contribution in [0.3, 0.4) is 0 Å². The summed E-state index contributed by atoms with van der Waals surface area (Å²) in [5.74, 6) is -0.740. The Morgan fingerprint density at radius 2 is 2.00 bits per heavy atom. The number of nitrogens with one attached hydrogen (secondary N) is 1. The smallest absolute Gasteiger partial charge is 0.304 e. The molecule has 3 nitrogen and oxygen atoms in total. The van der Waals surface area contributed by atoms with Crippen molar-refractivity contribution in [1.82, 2.24) is 5.32 Å². The molecular formula is C15H23NO2. The van der Waals surface area contributed by atoms with E-state index in [4.69, 9.17) is 5.11 Å². The maximum absolute atomic E-state index is 10.8. The van der Waals surface area contributed by atoms with Gasteiger partial charge in [0.25, 0.3) is 0 Å². The molecule has 1 unspecified atom stereocenters. The van der Waals surface area contributed by atoms with E-state index < -0.39 is 5.97 Å². The van der Waals surface area contributed by atoms with Gasteiger partial charge in [-0.3, -0.25) is 4.79 Å². The molecule has 0 bridgehead atoms. The molecule has 100 valence electrons. The number of hydrogen-bond acceptors (Lipinski definition) is 2. The van der Waals surface area contributed by atoms with Gasteiger partial charge in [-0.2, -0.15) is 0 Å². The van der Waals surface area contributed by atoms with Gasteiger partial charge in [0.2, 0.25) is 0 Å². The second-order valence-electron chi connectivity index (χ2n) is 4.79. The minimum Gasteiger partial charge on any atom is -0.481 e. The lowest BCUT2D eigenvalue weighted by molar-refractivity contribution is -0.137. The summed E-state index contributed by atoms with van der Waals surface area (Å²) in [5.41, 5.74) is 2.42. The standard InChI is InChI=1S/C15H23NO2/c1-3-4-9-16-14(11-15(17)18)10-13-7-5-12(2)6-8-13/h5-8,14,16H,3-4,9-11H2,1-2H3,(H,17,18). The van der Waals surface area contributed by atoms with E-state index >= 15 is 0 Å². The van der Waals surface area contributed by atoms with Crippen molar-refractivity contribution in [2.75, 3.05) is 6.54 Å². The summed E-state index contributed by atoms with van der Waals surface area (Å²) in [6, 6.07) is 8.31. The summed E-state index contributed by atoms with van der Waals surface area (Å²) in [5, 5.41) is 12.3. The predicted molar refractivity (Wildman–Crippen MR) is 73.8 cm³/mol. The molecule has 0 saturated carbocycles. The Morgan fingerprint density at radius 3 is 2.56 bits per heavy atom. The molecule has 0 spiro atoms. The van der Waals surface area contributed by atoms with Crippen molar-refractivity contribution in [3.05, 3.63) is 35.4 Å². The number of carboxylic acids is 1. The van der Waals surface area contributed by atoms with Crippen LogP contribution in [0.2, 0.25) is 0 Å². The van der Waals surface area contributed by atoms with Crippen LogP contribution in [0.25, 0.3) is 0 Å². The molecule has 0 heterocycles. The Kier molecular flexibility index (Phi) is 6.44. The molecule has 1 rings (SSSR count). The number of aliphatic carboxylic acids is 1. The zero-order valence-corrected chi connectivity index (χ0v) is 11.3. The molecule has 1 atom stereocenters. The maximum Gasteiger partial charge on any atom is 0.304 e. The van der Waals surface area contributed by atoms with Crippen LogP contribution in [0.5, 0.6) is 0 Å². The number of aryl methyl sites for hydroxylation is 1. The number of unbranched alkanes of at least 4 members (excludes halogenated alkanes) is 1. The van der Waals surface area contributed by atoms with Crippen LogP contribution in [-0.2, 0) is 11.2 Å². The number of rotatable bonds is 8. The number of carbonyl (C=O) groups is 1. The summed E-state index contributed by atoms with van der Waals surface area (Å²) in [6.45, 7) is 5.08. The van der Waals surface area contributed by atoms with E-state index in [9.17, 15) is 4.79 Å². The Bertz CT molecular complexity index is 359. The average Bonchev–Trinajstić information content (AvgIpc) is 2.31. The van der Waals surface area contributed by atoms with Gasteiger partial charge in [-0.25, -0.2) is 0 Å². The molecule has 0 fully saturated rings. The first-order valence-corrected chi connectivity index (χ1v) is 6.62. The Morgan fingerprint density at radius 1 is 1.33 bits per heavy atom. The van der Waals surface area contributed by atoms with Gasteiger partial charge in [-0.15, -0.1) is 0 Å². The van der Waals surface area contributed by atoms with Gasteiger partial charge in [0.1, 0.15) is 0 Å². The fourth-order valence-electron chi connectivity index (χ4n) is 1.92. The zero-order valence-electron chi connectivity index (χ0n) is 11.3. The van der Waals surface area contributed by atoms with Gasteiger partial charge in [0.05, 0.1) is 6.42 Å². The summed E-state index contributed by atoms with van der Waals surface area (Å²) in [7, 11) is 0. The molecule has 0 saturated heterocycles. The van der Waals surface area contributed by atoms with Crippen LogP contribution in [0.1, 0.15) is 37.3 Å². The third kappa shape index (κ3) is 5.82. The quantitative estimate of drug-likeness (QED) is 0.696. The van der Waals surface area contributed by atoms with Crippen LogP contribution < -0.4 is 5.32 Å². The van der Waals surface area contributed by atoms with Crippen LogP contribution in [0.15, 0.2) is 24.3 Å². The number of carboxylic acid groups (broad SMARTS) is 1. The monoisotopic (exact) mass is 249 g/mol. The van der Waals surface area contributed by atoms with Crippen molar-refractivity contribution in [1.29, 1.82) is 0 Å². The minimum absolute atomic E-state index is 0.0248. The molecule has 18 heavy (non-hydrogen) atoms. The second-order valence-corrected chi connectivity index (χ2v) is 4.79. The topological polar surface area (TPSA) is 49.3 Å². The van der Waals surface area contributed by atoms with E-state index in [2.05, 4.69) is 43.4 Å². The largest absolute Gasteiger partial charge is 0.481 e. The van der Waals surface area contributed by atoms with Crippen LogP contribution in [-0.4, -0.2) is 23.7 Å². The number of hydrogen-bond donors (Lipinski definition) is 2. The molecule has 0 radical (unpaired) electrons. The lowest BCUT2D eigenvalue weighted by atomic mass is 10.0. The zero-order chi connectivity index (χ0) is 13.4. The molecule has 0 aliphatic heterocycles. The highest BCUT2D eigenvalue weighted by Crippen LogP contribution is 2.08. The second kappa shape index (κ2) is 7.88. The Hall–Kier alpha value is -1.35. The molecule has 0 aliphatic carbocycles. The summed E-state index contributed by atoms with van der Waals surface area (Å²) in [4.78, 5) is 10.8. The maximum atomic E-state index is 10.8. The van der Waals surface area contributed by atoms with Crippen LogP contribution >= 0.6 is 0 Å². The fourth-order valence-corrected chi connectivity index (χ4v) is 1.92. The Balaban J connectivity index is 2.53. The van der Waals surface area contributed by atoms with Crippen molar-refractivity contribution in [2.45, 2.75) is 45.6 Å². The van der Waals surface area contributed by atoms with E-state index in [0.717, 1.165) is 25.8 Å². The lowest BCUT2D eigenvalue weighted by Gasteiger charge is -2.17. The molecule has 0 amide bonds. The van der Waals surface area contributed by atoms with Gasteiger partial charge in [0.15, 0.2) is 0 Å². The summed E-state index contributed by atoms with van der Waals surface area (Å²) < 4.78 is 0. The molecule has 1 aromatic carbocycles. The number of benzene rings is 1. The van der Waals surface area contributed by atoms with Gasteiger partial charge < -0.3 is 10.4 Å². The first-order chi connectivity index (χ1) is 8.61. The van der Waals surface area contributed by atoms with Gasteiger partial charge in [0, 0.05) is 6.04 Å². The van der Waals surface area contributed by atoms with E-state index in [1.807, 2.05) is 0 Å². The van der Waals surface area contributed by atoms with Crippen molar-refractivity contribution in [3.8, 4) is 0 Å². The fraction of sp³-hybridized carbons (Fsp3) is 0.533. The molecule has 0 aliphatic rings. The van der Waals surface area contributed by atoms with Crippen molar-refractivity contribution in [3.63, 3.8) is 0 Å². The van der Waals surface area contributed by atoms with Crippen LogP contribution in [0, 0.1) is 6.92 Å². The highest BCUT2D eigenvalue weighted by Gasteiger charge is 2.12. The highest BCUT2D eigenvalue weighted by molar-refractivity contribution is 5.67. The van der Waals surface area contributed by atoms with Crippen molar-refractivity contribution < 1.29 is 9.90 Å². The van der Waals surface area contributed by atoms with Gasteiger partial charge in [-0.1, -0.05) is 43.2 Å². The van der Waals surface area contributed by atoms with E-state index in [0.29, 0.717) is 0 Å². The molecule has 1 aromatic rings. The molecular weight excluding hydrogens is 226 g/mol. The minimum atomic E-state index is -0.740. The van der Waals surface area contributed by atoms with E-state index in [1.54, 1.807) is 0 Å². The normalized spacial score (nSPS) is 12.3. The molecule has 0 aromatic heterocycles. The Labute approximate surface area is 109 Å². The van der Waals surface area contributed by atoms with Crippen molar-refractivity contribution >= 4 is 5.97 Å². The first-order valence-electron chi connectivity index (χ1n) is 6.62.